The van der Waals surface area contributed by atoms with Gasteiger partial charge in [0.05, 0.1) is 12.7 Å². The van der Waals surface area contributed by atoms with E-state index >= 15 is 0 Å². The molecule has 6 heteroatoms. The minimum absolute atomic E-state index is 0.0568. The van der Waals surface area contributed by atoms with Crippen LogP contribution < -0.4 is 5.32 Å². The molecule has 0 bridgehead atoms. The molecule has 2 atom stereocenters. The molecular weight excluding hydrogens is 232 g/mol. The lowest BCUT2D eigenvalue weighted by atomic mass is 10.1. The van der Waals surface area contributed by atoms with Gasteiger partial charge in [-0.05, 0) is 20.0 Å². The lowest BCUT2D eigenvalue weighted by Gasteiger charge is -2.23. The van der Waals surface area contributed by atoms with Crippen molar-refractivity contribution in [2.75, 3.05) is 26.7 Å². The number of rotatable bonds is 5. The van der Waals surface area contributed by atoms with E-state index < -0.39 is 0 Å². The maximum Gasteiger partial charge on any atom is 0.242 e. The summed E-state index contributed by atoms with van der Waals surface area (Å²) in [5, 5.41) is 6.08. The van der Waals surface area contributed by atoms with Crippen molar-refractivity contribution in [2.24, 2.45) is 5.11 Å². The third-order valence-corrected chi connectivity index (χ3v) is 2.83. The smallest absolute Gasteiger partial charge is 0.242 e. The maximum absolute atomic E-state index is 12.2. The van der Waals surface area contributed by atoms with E-state index in [0.717, 1.165) is 0 Å². The number of hydrogen-bond acceptors (Lipinski definition) is 5. The van der Waals surface area contributed by atoms with Crippen LogP contribution in [0.4, 0.5) is 0 Å². The maximum atomic E-state index is 12.2. The molecule has 1 rings (SSSR count). The summed E-state index contributed by atoms with van der Waals surface area (Å²) in [6, 6.07) is -0.292. The van der Waals surface area contributed by atoms with E-state index in [1.54, 1.807) is 24.1 Å². The van der Waals surface area contributed by atoms with Crippen molar-refractivity contribution in [3.05, 3.63) is 24.4 Å². The summed E-state index contributed by atoms with van der Waals surface area (Å²) >= 11 is 0. The van der Waals surface area contributed by atoms with E-state index in [1.165, 1.54) is 6.20 Å². The molecule has 100 valence electrons. The quantitative estimate of drug-likeness (QED) is 0.564. The molecule has 1 aliphatic rings. The van der Waals surface area contributed by atoms with Crippen LogP contribution in [-0.2, 0) is 9.53 Å². The third kappa shape index (κ3) is 4.05. The Labute approximate surface area is 107 Å². The molecule has 0 radical (unpaired) electrons. The standard InChI is InChI=1S/C12H20N4O2/c1-10-11(14-2)12(17)16(8-9-18-10)7-5-3-4-6-15-13/h3-6,10-11,13-14H,7-9H2,1-2H3/b5-3+,6-4-,15-13?. The summed E-state index contributed by atoms with van der Waals surface area (Å²) < 4.78 is 5.55. The molecule has 18 heavy (non-hydrogen) atoms. The second-order valence-corrected chi connectivity index (χ2v) is 4.03. The van der Waals surface area contributed by atoms with Gasteiger partial charge in [0.1, 0.15) is 6.04 Å². The Balaban J connectivity index is 2.58. The van der Waals surface area contributed by atoms with Gasteiger partial charge in [-0.15, -0.1) is 0 Å². The van der Waals surface area contributed by atoms with Crippen LogP contribution in [0.1, 0.15) is 6.92 Å². The van der Waals surface area contributed by atoms with E-state index in [2.05, 4.69) is 10.4 Å². The molecule has 1 aliphatic heterocycles. The van der Waals surface area contributed by atoms with Gasteiger partial charge < -0.3 is 15.0 Å². The molecule has 1 heterocycles. The number of hydrogen-bond donors (Lipinski definition) is 2. The first kappa shape index (κ1) is 14.5. The van der Waals surface area contributed by atoms with E-state index in [-0.39, 0.29) is 18.1 Å². The number of carbonyl (C=O) groups is 1. The summed E-state index contributed by atoms with van der Waals surface area (Å²) in [6.45, 7) is 3.58. The van der Waals surface area contributed by atoms with E-state index in [0.29, 0.717) is 19.7 Å². The third-order valence-electron chi connectivity index (χ3n) is 2.83. The first-order valence-corrected chi connectivity index (χ1v) is 5.96. The minimum atomic E-state index is -0.292. The summed E-state index contributed by atoms with van der Waals surface area (Å²) in [5.74, 6) is 0.0568. The topological polar surface area (TPSA) is 77.8 Å². The van der Waals surface area contributed by atoms with Gasteiger partial charge in [-0.1, -0.05) is 12.2 Å². The van der Waals surface area contributed by atoms with Crippen molar-refractivity contribution in [1.29, 1.82) is 5.53 Å². The molecule has 1 saturated heterocycles. The van der Waals surface area contributed by atoms with Crippen LogP contribution in [0.5, 0.6) is 0 Å². The Hall–Kier alpha value is -1.53. The van der Waals surface area contributed by atoms with Gasteiger partial charge in [-0.2, -0.15) is 5.11 Å². The summed E-state index contributed by atoms with van der Waals surface area (Å²) in [6.07, 6.45) is 6.56. The number of carbonyl (C=O) groups excluding carboxylic acids is 1. The summed E-state index contributed by atoms with van der Waals surface area (Å²) in [7, 11) is 1.76. The summed E-state index contributed by atoms with van der Waals surface area (Å²) in [5.41, 5.74) is 6.58. The zero-order valence-corrected chi connectivity index (χ0v) is 10.8. The fraction of sp³-hybridized carbons (Fsp3) is 0.583. The lowest BCUT2D eigenvalue weighted by Crippen LogP contribution is -2.49. The van der Waals surface area contributed by atoms with Crippen molar-refractivity contribution in [2.45, 2.75) is 19.1 Å². The Morgan fingerprint density at radius 1 is 1.61 bits per heavy atom. The molecule has 0 spiro atoms. The van der Waals surface area contributed by atoms with Gasteiger partial charge in [0.25, 0.3) is 0 Å². The number of nitrogens with zero attached hydrogens (tertiary/aromatic N) is 2. The molecule has 1 fully saturated rings. The van der Waals surface area contributed by atoms with Crippen LogP contribution in [0.15, 0.2) is 29.5 Å². The normalized spacial score (nSPS) is 25.9. The van der Waals surface area contributed by atoms with Crippen LogP contribution >= 0.6 is 0 Å². The predicted octanol–water partition coefficient (Wildman–Crippen LogP) is 0.923. The van der Waals surface area contributed by atoms with E-state index in [4.69, 9.17) is 10.3 Å². The first-order chi connectivity index (χ1) is 8.70. The van der Waals surface area contributed by atoms with Crippen molar-refractivity contribution < 1.29 is 9.53 Å². The van der Waals surface area contributed by atoms with E-state index in [9.17, 15) is 4.79 Å². The van der Waals surface area contributed by atoms with Crippen LogP contribution in [0.2, 0.25) is 0 Å². The van der Waals surface area contributed by atoms with Crippen LogP contribution in [0.25, 0.3) is 0 Å². The second kappa shape index (κ2) is 7.73. The molecule has 2 N–H and O–H groups in total. The van der Waals surface area contributed by atoms with Gasteiger partial charge in [0.2, 0.25) is 5.91 Å². The van der Waals surface area contributed by atoms with Crippen LogP contribution in [0.3, 0.4) is 0 Å². The molecular formula is C12H20N4O2. The average molecular weight is 252 g/mol. The number of nitrogens with one attached hydrogen (secondary N) is 2. The SMILES string of the molecule is CNC1C(=O)N(C/C=C/C=C\N=N)CCOC1C. The monoisotopic (exact) mass is 252 g/mol. The zero-order chi connectivity index (χ0) is 13.4. The van der Waals surface area contributed by atoms with Gasteiger partial charge in [-0.3, -0.25) is 4.79 Å². The molecule has 6 nitrogen and oxygen atoms in total. The fourth-order valence-electron chi connectivity index (χ4n) is 1.85. The number of allylic oxidation sites excluding steroid dienone is 2. The number of amides is 1. The molecule has 0 saturated carbocycles. The van der Waals surface area contributed by atoms with E-state index in [1.807, 2.05) is 13.0 Å². The molecule has 2 unspecified atom stereocenters. The van der Waals surface area contributed by atoms with Gasteiger partial charge in [0, 0.05) is 19.3 Å². The molecule has 0 aromatic heterocycles. The summed E-state index contributed by atoms with van der Waals surface area (Å²) in [4.78, 5) is 13.9. The molecule has 1 amide bonds. The Morgan fingerprint density at radius 2 is 2.39 bits per heavy atom. The van der Waals surface area contributed by atoms with Gasteiger partial charge >= 0.3 is 0 Å². The van der Waals surface area contributed by atoms with Gasteiger partial charge in [-0.25, -0.2) is 5.53 Å². The zero-order valence-electron chi connectivity index (χ0n) is 10.8. The minimum Gasteiger partial charge on any atom is -0.374 e. The van der Waals surface area contributed by atoms with Crippen molar-refractivity contribution in [1.82, 2.24) is 10.2 Å². The largest absolute Gasteiger partial charge is 0.374 e. The first-order valence-electron chi connectivity index (χ1n) is 5.96. The fourth-order valence-corrected chi connectivity index (χ4v) is 1.85. The number of ether oxygens (including phenoxy) is 1. The Morgan fingerprint density at radius 3 is 3.06 bits per heavy atom. The van der Waals surface area contributed by atoms with Gasteiger partial charge in [0.15, 0.2) is 0 Å². The van der Waals surface area contributed by atoms with Crippen molar-refractivity contribution in [3.63, 3.8) is 0 Å². The Bertz CT molecular complexity index is 341. The Kier molecular flexibility index (Phi) is 6.24. The highest BCUT2D eigenvalue weighted by Gasteiger charge is 2.30. The second-order valence-electron chi connectivity index (χ2n) is 4.03. The van der Waals surface area contributed by atoms with Crippen LogP contribution in [0, 0.1) is 5.53 Å². The van der Waals surface area contributed by atoms with Crippen molar-refractivity contribution in [3.8, 4) is 0 Å². The highest BCUT2D eigenvalue weighted by molar-refractivity contribution is 5.82. The predicted molar refractivity (Wildman–Crippen MR) is 68.3 cm³/mol. The number of likely N-dealkylation sites (N-methyl/N-ethyl adjacent to an activating group) is 1. The molecule has 0 aromatic rings. The molecule has 0 aliphatic carbocycles. The molecule has 0 aromatic carbocycles. The van der Waals surface area contributed by atoms with Crippen molar-refractivity contribution >= 4 is 5.91 Å². The highest BCUT2D eigenvalue weighted by Crippen LogP contribution is 2.08. The average Bonchev–Trinajstić information content (AvgIpc) is 2.49. The highest BCUT2D eigenvalue weighted by atomic mass is 16.5. The van der Waals surface area contributed by atoms with Crippen LogP contribution in [-0.4, -0.2) is 49.7 Å². The lowest BCUT2D eigenvalue weighted by molar-refractivity contribution is -0.133.